The molecule has 0 unspecified atom stereocenters. The largest absolute Gasteiger partial charge is 0.308 e. The van der Waals surface area contributed by atoms with E-state index in [2.05, 4.69) is 61.0 Å². The van der Waals surface area contributed by atoms with E-state index in [0.717, 1.165) is 25.7 Å². The minimum Gasteiger partial charge on any atom is -0.308 e. The van der Waals surface area contributed by atoms with Gasteiger partial charge in [-0.2, -0.15) is 0 Å². The molecule has 1 aromatic rings. The number of nitrogens with one attached hydrogen (secondary N) is 1. The van der Waals surface area contributed by atoms with Crippen LogP contribution in [0.5, 0.6) is 0 Å². The van der Waals surface area contributed by atoms with E-state index >= 15 is 0 Å². The van der Waals surface area contributed by atoms with Gasteiger partial charge in [-0.05, 0) is 44.7 Å². The summed E-state index contributed by atoms with van der Waals surface area (Å²) in [6.45, 7) is 4.18. The van der Waals surface area contributed by atoms with Crippen LogP contribution in [0.2, 0.25) is 0 Å². The topological polar surface area (TPSA) is 54.9 Å². The van der Waals surface area contributed by atoms with E-state index in [1.54, 1.807) is 6.20 Å². The molecule has 0 saturated carbocycles. The summed E-state index contributed by atoms with van der Waals surface area (Å²) in [5.74, 6) is 0.550. The van der Waals surface area contributed by atoms with Crippen molar-refractivity contribution in [3.63, 3.8) is 0 Å². The Balaban J connectivity index is 2.72. The maximum atomic E-state index is 12.1. The highest BCUT2D eigenvalue weighted by Gasteiger charge is 2.18. The third-order valence-corrected chi connectivity index (χ3v) is 3.52. The van der Waals surface area contributed by atoms with Crippen LogP contribution in [0.1, 0.15) is 39.5 Å². The zero-order valence-corrected chi connectivity index (χ0v) is 13.7. The van der Waals surface area contributed by atoms with Crippen molar-refractivity contribution in [3.05, 3.63) is 15.4 Å². The minimum absolute atomic E-state index is 0.0241. The standard InChI is InChI=1S/C12H17Br2N3O/c1-3-5-8(6-4-2)12(18)17-11-10(14)16-9(13)7-15-11/h7-8H,3-6H2,1-2H3,(H,15,17,18). The molecular formula is C12H17Br2N3O. The predicted molar refractivity (Wildman–Crippen MR) is 79.4 cm³/mol. The number of anilines is 1. The summed E-state index contributed by atoms with van der Waals surface area (Å²) in [5.41, 5.74) is 0. The molecule has 0 saturated heterocycles. The second kappa shape index (κ2) is 7.84. The van der Waals surface area contributed by atoms with Crippen LogP contribution in [-0.2, 0) is 4.79 Å². The van der Waals surface area contributed by atoms with E-state index in [1.807, 2.05) is 0 Å². The number of amides is 1. The van der Waals surface area contributed by atoms with Gasteiger partial charge < -0.3 is 5.32 Å². The number of aromatic nitrogens is 2. The quantitative estimate of drug-likeness (QED) is 0.808. The molecule has 100 valence electrons. The first-order chi connectivity index (χ1) is 8.58. The maximum Gasteiger partial charge on any atom is 0.228 e. The van der Waals surface area contributed by atoms with Gasteiger partial charge in [0.25, 0.3) is 0 Å². The van der Waals surface area contributed by atoms with Gasteiger partial charge in [-0.25, -0.2) is 9.97 Å². The SMILES string of the molecule is CCCC(CCC)C(=O)Nc1ncc(Br)nc1Br. The van der Waals surface area contributed by atoms with E-state index < -0.39 is 0 Å². The Labute approximate surface area is 124 Å². The molecule has 18 heavy (non-hydrogen) atoms. The van der Waals surface area contributed by atoms with E-state index in [9.17, 15) is 4.79 Å². The zero-order chi connectivity index (χ0) is 13.5. The summed E-state index contributed by atoms with van der Waals surface area (Å²) >= 11 is 6.51. The van der Waals surface area contributed by atoms with Gasteiger partial charge in [0.15, 0.2) is 5.82 Å². The number of carbonyl (C=O) groups excluding carboxylic acids is 1. The molecule has 4 nitrogen and oxygen atoms in total. The first-order valence-corrected chi connectivity index (χ1v) is 7.66. The van der Waals surface area contributed by atoms with Gasteiger partial charge in [0.2, 0.25) is 5.91 Å². The third kappa shape index (κ3) is 4.65. The van der Waals surface area contributed by atoms with Gasteiger partial charge in [0.1, 0.15) is 9.21 Å². The molecule has 0 aliphatic carbocycles. The monoisotopic (exact) mass is 377 g/mol. The molecule has 1 heterocycles. The van der Waals surface area contributed by atoms with Gasteiger partial charge in [-0.1, -0.05) is 26.7 Å². The van der Waals surface area contributed by atoms with Crippen LogP contribution in [0.3, 0.4) is 0 Å². The van der Waals surface area contributed by atoms with Gasteiger partial charge >= 0.3 is 0 Å². The molecule has 6 heteroatoms. The van der Waals surface area contributed by atoms with Crippen molar-refractivity contribution in [2.45, 2.75) is 39.5 Å². The zero-order valence-electron chi connectivity index (χ0n) is 10.5. The molecule has 0 spiro atoms. The highest BCUT2D eigenvalue weighted by Crippen LogP contribution is 2.21. The van der Waals surface area contributed by atoms with Crippen molar-refractivity contribution in [1.29, 1.82) is 0 Å². The van der Waals surface area contributed by atoms with Gasteiger partial charge in [-0.3, -0.25) is 4.79 Å². The van der Waals surface area contributed by atoms with E-state index in [0.29, 0.717) is 15.0 Å². The Bertz CT molecular complexity index is 406. The number of hydrogen-bond acceptors (Lipinski definition) is 3. The van der Waals surface area contributed by atoms with Crippen LogP contribution in [0, 0.1) is 5.92 Å². The number of nitrogens with zero attached hydrogens (tertiary/aromatic N) is 2. The van der Waals surface area contributed by atoms with Crippen molar-refractivity contribution < 1.29 is 4.79 Å². The van der Waals surface area contributed by atoms with Gasteiger partial charge in [-0.15, -0.1) is 0 Å². The first kappa shape index (κ1) is 15.6. The smallest absolute Gasteiger partial charge is 0.228 e. The second-order valence-corrected chi connectivity index (χ2v) is 5.66. The molecular weight excluding hydrogens is 362 g/mol. The normalized spacial score (nSPS) is 10.7. The third-order valence-electron chi connectivity index (χ3n) is 2.59. The summed E-state index contributed by atoms with van der Waals surface area (Å²) in [4.78, 5) is 20.4. The van der Waals surface area contributed by atoms with Crippen molar-refractivity contribution in [3.8, 4) is 0 Å². The summed E-state index contributed by atoms with van der Waals surface area (Å²) in [7, 11) is 0. The van der Waals surface area contributed by atoms with Crippen LogP contribution < -0.4 is 5.32 Å². The van der Waals surface area contributed by atoms with Crippen LogP contribution in [0.4, 0.5) is 5.82 Å². The molecule has 1 aromatic heterocycles. The fraction of sp³-hybridized carbons (Fsp3) is 0.583. The summed E-state index contributed by atoms with van der Waals surface area (Å²) in [6, 6.07) is 0. The highest BCUT2D eigenvalue weighted by atomic mass is 79.9. The molecule has 1 rings (SSSR count). The highest BCUT2D eigenvalue weighted by molar-refractivity contribution is 9.11. The van der Waals surface area contributed by atoms with Crippen molar-refractivity contribution in [2.75, 3.05) is 5.32 Å². The maximum absolute atomic E-state index is 12.1. The van der Waals surface area contributed by atoms with E-state index in [4.69, 9.17) is 0 Å². The van der Waals surface area contributed by atoms with Gasteiger partial charge in [0.05, 0.1) is 6.20 Å². The fourth-order valence-corrected chi connectivity index (χ4v) is 2.66. The fourth-order valence-electron chi connectivity index (χ4n) is 1.75. The number of rotatable bonds is 6. The predicted octanol–water partition coefficient (Wildman–Crippen LogP) is 4.16. The number of hydrogen-bond donors (Lipinski definition) is 1. The van der Waals surface area contributed by atoms with E-state index in [-0.39, 0.29) is 11.8 Å². The Morgan fingerprint density at radius 1 is 1.33 bits per heavy atom. The first-order valence-electron chi connectivity index (χ1n) is 6.07. The Kier molecular flexibility index (Phi) is 6.78. The average Bonchev–Trinajstić information content (AvgIpc) is 2.32. The average molecular weight is 379 g/mol. The van der Waals surface area contributed by atoms with Crippen LogP contribution >= 0.6 is 31.9 Å². The minimum atomic E-state index is 0.0241. The molecule has 1 N–H and O–H groups in total. The van der Waals surface area contributed by atoms with Crippen LogP contribution in [0.15, 0.2) is 15.4 Å². The Morgan fingerprint density at radius 3 is 2.44 bits per heavy atom. The number of carbonyl (C=O) groups is 1. The molecule has 0 fully saturated rings. The Hall–Kier alpha value is -0.490. The van der Waals surface area contributed by atoms with Crippen LogP contribution in [-0.4, -0.2) is 15.9 Å². The molecule has 0 radical (unpaired) electrons. The second-order valence-electron chi connectivity index (χ2n) is 4.10. The summed E-state index contributed by atoms with van der Waals surface area (Å²) in [5, 5.41) is 2.83. The lowest BCUT2D eigenvalue weighted by molar-refractivity contribution is -0.120. The summed E-state index contributed by atoms with van der Waals surface area (Å²) < 4.78 is 1.17. The molecule has 0 aliphatic rings. The lowest BCUT2D eigenvalue weighted by atomic mass is 9.97. The molecule has 0 bridgehead atoms. The molecule has 0 atom stereocenters. The Morgan fingerprint density at radius 2 is 1.94 bits per heavy atom. The molecule has 0 aromatic carbocycles. The van der Waals surface area contributed by atoms with E-state index in [1.165, 1.54) is 0 Å². The number of halogens is 2. The summed E-state index contributed by atoms with van der Waals surface area (Å²) in [6.07, 6.45) is 5.38. The van der Waals surface area contributed by atoms with Crippen LogP contribution in [0.25, 0.3) is 0 Å². The molecule has 1 amide bonds. The lowest BCUT2D eigenvalue weighted by Gasteiger charge is -2.15. The van der Waals surface area contributed by atoms with Crippen molar-refractivity contribution in [1.82, 2.24) is 9.97 Å². The van der Waals surface area contributed by atoms with Gasteiger partial charge in [0, 0.05) is 5.92 Å². The molecule has 0 aliphatic heterocycles. The van der Waals surface area contributed by atoms with Crippen molar-refractivity contribution >= 4 is 43.6 Å². The van der Waals surface area contributed by atoms with Crippen molar-refractivity contribution in [2.24, 2.45) is 5.92 Å². The lowest BCUT2D eigenvalue weighted by Crippen LogP contribution is -2.23.